The van der Waals surface area contributed by atoms with E-state index in [0.29, 0.717) is 17.4 Å². The fraction of sp³-hybridized carbons (Fsp3) is 0.819. The number of phosphoric ester groups is 1. The van der Waals surface area contributed by atoms with Crippen molar-refractivity contribution >= 4 is 13.7 Å². The highest BCUT2D eigenvalue weighted by Crippen LogP contribution is 2.38. The first-order valence-corrected chi connectivity index (χ1v) is 41.4. The summed E-state index contributed by atoms with van der Waals surface area (Å²) in [7, 11) is 1.28. The van der Waals surface area contributed by atoms with E-state index in [9.17, 15) is 19.4 Å². The molecule has 3 atom stereocenters. The molecule has 538 valence electrons. The summed E-state index contributed by atoms with van der Waals surface area (Å²) < 4.78 is 23.5. The zero-order chi connectivity index (χ0) is 66.9. The molecule has 0 fully saturated rings. The lowest BCUT2D eigenvalue weighted by molar-refractivity contribution is -0.870. The fourth-order valence-corrected chi connectivity index (χ4v) is 12.7. The molecule has 1 amide bonds. The smallest absolute Gasteiger partial charge is 0.268 e. The van der Waals surface area contributed by atoms with Gasteiger partial charge in [0.1, 0.15) is 13.2 Å². The van der Waals surface area contributed by atoms with Crippen LogP contribution >= 0.6 is 7.82 Å². The Kier molecular flexibility index (Phi) is 71.1. The topological polar surface area (TPSA) is 108 Å². The van der Waals surface area contributed by atoms with E-state index < -0.39 is 20.0 Å². The predicted octanol–water partition coefficient (Wildman–Crippen LogP) is 25.6. The minimum atomic E-state index is -4.61. The SMILES string of the molecule is CC/C=C\C/C=C\C/C=C\C/C=C\C/C=C\C/C=C\CCCCCCCCCCCCCCCCCCCCCCCCC(=O)NC(COP(=O)([O-])OCC[N+](C)(C)C)C(O)/C=C/CCCCCCCCCCCCCCCCCCCCCCCCCCCCC. The van der Waals surface area contributed by atoms with Crippen LogP contribution in [0.4, 0.5) is 0 Å². The predicted molar refractivity (Wildman–Crippen MR) is 403 cm³/mol. The standard InChI is InChI=1S/C83H155N2O6P/c1-6-8-10-12-14-16-18-20-22-24-26-28-30-32-34-36-37-38-39-40-41-42-43-44-45-46-47-49-51-53-55-57-59-61-63-65-67-69-71-73-75-77-83(87)84-81(80-91-92(88,89)90-79-78-85(3,4)5)82(86)76-74-72-70-68-66-64-62-60-58-56-54-52-50-48-35-33-31-29-27-25-23-21-19-17-15-13-11-9-7-2/h8,10,14,16,20,22,26,28,32,34,37-38,74,76,81-82,86H,6-7,9,11-13,15,17-19,21,23-25,27,29-31,33,35-36,39-73,75,77-80H2,1-5H3,(H-,84,87,88,89)/b10-8-,16-14-,22-20-,28-26-,34-32-,38-37-,76-74+. The number of carbonyl (C=O) groups excluding carboxylic acids is 1. The summed E-state index contributed by atoms with van der Waals surface area (Å²) in [5.74, 6) is -0.191. The van der Waals surface area contributed by atoms with E-state index in [1.54, 1.807) is 6.08 Å². The Bertz CT molecular complexity index is 1780. The van der Waals surface area contributed by atoms with E-state index in [2.05, 4.69) is 92.1 Å². The lowest BCUT2D eigenvalue weighted by Gasteiger charge is -2.29. The van der Waals surface area contributed by atoms with Gasteiger partial charge in [-0.15, -0.1) is 0 Å². The van der Waals surface area contributed by atoms with Crippen molar-refractivity contribution < 1.29 is 32.9 Å². The summed E-state index contributed by atoms with van der Waals surface area (Å²) in [6.45, 7) is 4.59. The molecule has 0 radical (unpaired) electrons. The molecule has 0 saturated heterocycles. The van der Waals surface area contributed by atoms with Gasteiger partial charge in [0.15, 0.2) is 0 Å². The van der Waals surface area contributed by atoms with Gasteiger partial charge in [-0.1, -0.05) is 394 Å². The number of hydrogen-bond acceptors (Lipinski definition) is 6. The number of aliphatic hydroxyl groups excluding tert-OH is 1. The van der Waals surface area contributed by atoms with E-state index in [0.717, 1.165) is 77.0 Å². The molecule has 0 aromatic carbocycles. The van der Waals surface area contributed by atoms with Gasteiger partial charge < -0.3 is 28.8 Å². The van der Waals surface area contributed by atoms with Gasteiger partial charge in [-0.3, -0.25) is 9.36 Å². The van der Waals surface area contributed by atoms with E-state index >= 15 is 0 Å². The number of allylic oxidation sites excluding steroid dienone is 13. The quantitative estimate of drug-likeness (QED) is 0.0272. The van der Waals surface area contributed by atoms with Gasteiger partial charge in [0.2, 0.25) is 5.91 Å². The van der Waals surface area contributed by atoms with E-state index in [4.69, 9.17) is 9.05 Å². The van der Waals surface area contributed by atoms with Crippen LogP contribution in [0.15, 0.2) is 85.1 Å². The summed E-state index contributed by atoms with van der Waals surface area (Å²) >= 11 is 0. The lowest BCUT2D eigenvalue weighted by atomic mass is 10.0. The van der Waals surface area contributed by atoms with Gasteiger partial charge in [0.25, 0.3) is 7.82 Å². The van der Waals surface area contributed by atoms with Gasteiger partial charge in [0, 0.05) is 6.42 Å². The number of phosphoric acid groups is 1. The van der Waals surface area contributed by atoms with E-state index in [1.807, 2.05) is 27.2 Å². The molecule has 0 saturated carbocycles. The van der Waals surface area contributed by atoms with Crippen molar-refractivity contribution in [3.8, 4) is 0 Å². The van der Waals surface area contributed by atoms with Gasteiger partial charge in [-0.05, 0) is 70.6 Å². The summed E-state index contributed by atoms with van der Waals surface area (Å²) in [4.78, 5) is 25.7. The number of quaternary nitrogens is 1. The Morgan fingerprint density at radius 1 is 0.391 bits per heavy atom. The molecule has 0 spiro atoms. The highest BCUT2D eigenvalue weighted by Gasteiger charge is 2.23. The number of unbranched alkanes of at least 4 members (excludes halogenated alkanes) is 49. The number of rotatable bonds is 74. The van der Waals surface area contributed by atoms with Crippen molar-refractivity contribution in [2.75, 3.05) is 40.9 Å². The number of hydrogen-bond donors (Lipinski definition) is 2. The summed E-state index contributed by atoms with van der Waals surface area (Å²) in [5, 5.41) is 14.0. The Balaban J connectivity index is 3.95. The molecule has 0 aromatic heterocycles. The molecular weight excluding hydrogens is 1150 g/mol. The lowest BCUT2D eigenvalue weighted by Crippen LogP contribution is -2.45. The Labute approximate surface area is 573 Å². The van der Waals surface area contributed by atoms with Gasteiger partial charge in [-0.2, -0.15) is 0 Å². The third-order valence-electron chi connectivity index (χ3n) is 18.1. The van der Waals surface area contributed by atoms with Crippen LogP contribution in [0, 0.1) is 0 Å². The Hall–Kier alpha value is -2.32. The molecule has 8 nitrogen and oxygen atoms in total. The second-order valence-corrected chi connectivity index (χ2v) is 29.8. The maximum atomic E-state index is 13.1. The van der Waals surface area contributed by atoms with Crippen molar-refractivity contribution in [3.05, 3.63) is 85.1 Å². The van der Waals surface area contributed by atoms with Crippen molar-refractivity contribution in [1.82, 2.24) is 5.32 Å². The normalized spacial score (nSPS) is 13.9. The van der Waals surface area contributed by atoms with Crippen LogP contribution < -0.4 is 10.2 Å². The molecule has 92 heavy (non-hydrogen) atoms. The monoisotopic (exact) mass is 1310 g/mol. The second kappa shape index (κ2) is 72.9. The minimum Gasteiger partial charge on any atom is -0.756 e. The summed E-state index contributed by atoms with van der Waals surface area (Å²) in [6, 6.07) is -0.890. The van der Waals surface area contributed by atoms with Crippen molar-refractivity contribution in [1.29, 1.82) is 0 Å². The maximum absolute atomic E-state index is 13.1. The van der Waals surface area contributed by atoms with Crippen LogP contribution in [-0.4, -0.2) is 68.5 Å². The number of carbonyl (C=O) groups is 1. The molecule has 0 bridgehead atoms. The Morgan fingerprint density at radius 2 is 0.663 bits per heavy atom. The number of likely N-dealkylation sites (N-methyl/N-ethyl adjacent to an activating group) is 1. The molecule has 9 heteroatoms. The summed E-state index contributed by atoms with van der Waals surface area (Å²) in [6.07, 6.45) is 105. The molecule has 0 aliphatic carbocycles. The van der Waals surface area contributed by atoms with Crippen molar-refractivity contribution in [2.24, 2.45) is 0 Å². The maximum Gasteiger partial charge on any atom is 0.268 e. The van der Waals surface area contributed by atoms with Crippen LogP contribution in [-0.2, 0) is 18.4 Å². The van der Waals surface area contributed by atoms with Gasteiger partial charge >= 0.3 is 0 Å². The zero-order valence-electron chi connectivity index (χ0n) is 61.8. The average molecular weight is 1310 g/mol. The van der Waals surface area contributed by atoms with Gasteiger partial charge in [-0.25, -0.2) is 0 Å². The van der Waals surface area contributed by atoms with Crippen molar-refractivity contribution in [2.45, 2.75) is 398 Å². The molecule has 0 aliphatic heterocycles. The second-order valence-electron chi connectivity index (χ2n) is 28.4. The number of amides is 1. The molecule has 3 unspecified atom stereocenters. The van der Waals surface area contributed by atoms with Crippen LogP contribution in [0.5, 0.6) is 0 Å². The van der Waals surface area contributed by atoms with E-state index in [1.165, 1.54) is 289 Å². The average Bonchev–Trinajstić information content (AvgIpc) is 2.63. The first-order chi connectivity index (χ1) is 45.0. The number of nitrogens with one attached hydrogen (secondary N) is 1. The largest absolute Gasteiger partial charge is 0.756 e. The highest BCUT2D eigenvalue weighted by atomic mass is 31.2. The molecule has 0 rings (SSSR count). The summed E-state index contributed by atoms with van der Waals surface area (Å²) in [5.41, 5.74) is 0. The molecule has 2 N–H and O–H groups in total. The van der Waals surface area contributed by atoms with Crippen LogP contribution in [0.3, 0.4) is 0 Å². The van der Waals surface area contributed by atoms with Crippen LogP contribution in [0.2, 0.25) is 0 Å². The third-order valence-corrected chi connectivity index (χ3v) is 19.1. The van der Waals surface area contributed by atoms with Crippen LogP contribution in [0.1, 0.15) is 386 Å². The molecular formula is C83H155N2O6P. The highest BCUT2D eigenvalue weighted by molar-refractivity contribution is 7.45. The fourth-order valence-electron chi connectivity index (χ4n) is 12.0. The van der Waals surface area contributed by atoms with Crippen molar-refractivity contribution in [3.63, 3.8) is 0 Å². The van der Waals surface area contributed by atoms with E-state index in [-0.39, 0.29) is 19.1 Å². The molecule has 0 aromatic rings. The Morgan fingerprint density at radius 3 is 0.967 bits per heavy atom. The minimum absolute atomic E-state index is 0.000555. The first kappa shape index (κ1) is 89.7. The number of nitrogens with zero attached hydrogens (tertiary/aromatic N) is 1. The van der Waals surface area contributed by atoms with Gasteiger partial charge in [0.05, 0.1) is 39.9 Å². The zero-order valence-corrected chi connectivity index (χ0v) is 62.6. The first-order valence-electron chi connectivity index (χ1n) is 39.9. The molecule has 0 heterocycles. The molecule has 0 aliphatic rings. The number of aliphatic hydroxyl groups is 1. The third kappa shape index (κ3) is 75.1. The van der Waals surface area contributed by atoms with Crippen LogP contribution in [0.25, 0.3) is 0 Å².